The Balaban J connectivity index is 2.10. The molecule has 0 spiro atoms. The number of carbonyl (C=O) groups is 1. The van der Waals surface area contributed by atoms with Gasteiger partial charge in [0.25, 0.3) is 0 Å². The highest BCUT2D eigenvalue weighted by Gasteiger charge is 2.25. The summed E-state index contributed by atoms with van der Waals surface area (Å²) < 4.78 is 10.7. The van der Waals surface area contributed by atoms with Crippen molar-refractivity contribution >= 4 is 5.78 Å². The van der Waals surface area contributed by atoms with Crippen molar-refractivity contribution < 1.29 is 14.3 Å². The SMILES string of the molecule is CCN1CCC[C@H]1CCC(=O)c1cc(C)cc(OC)c1OC. The minimum absolute atomic E-state index is 0.141. The van der Waals surface area contributed by atoms with Crippen molar-refractivity contribution in [2.24, 2.45) is 0 Å². The van der Waals surface area contributed by atoms with Gasteiger partial charge in [0.1, 0.15) is 0 Å². The highest BCUT2D eigenvalue weighted by molar-refractivity contribution is 5.99. The minimum atomic E-state index is 0.141. The Hall–Kier alpha value is -1.55. The number of methoxy groups -OCH3 is 2. The monoisotopic (exact) mass is 305 g/mol. The summed E-state index contributed by atoms with van der Waals surface area (Å²) in [5, 5.41) is 0. The summed E-state index contributed by atoms with van der Waals surface area (Å²) in [6, 6.07) is 4.34. The van der Waals surface area contributed by atoms with E-state index in [1.807, 2.05) is 19.1 Å². The van der Waals surface area contributed by atoms with Crippen molar-refractivity contribution in [2.75, 3.05) is 27.3 Å². The number of hydrogen-bond acceptors (Lipinski definition) is 4. The van der Waals surface area contributed by atoms with Crippen molar-refractivity contribution in [3.63, 3.8) is 0 Å². The Morgan fingerprint density at radius 2 is 2.09 bits per heavy atom. The van der Waals surface area contributed by atoms with Crippen LogP contribution in [0.4, 0.5) is 0 Å². The van der Waals surface area contributed by atoms with Gasteiger partial charge in [-0.2, -0.15) is 0 Å². The van der Waals surface area contributed by atoms with E-state index >= 15 is 0 Å². The Labute approximate surface area is 133 Å². The number of rotatable bonds is 7. The zero-order chi connectivity index (χ0) is 16.1. The fourth-order valence-electron chi connectivity index (χ4n) is 3.38. The van der Waals surface area contributed by atoms with Gasteiger partial charge in [-0.1, -0.05) is 6.92 Å². The van der Waals surface area contributed by atoms with E-state index in [9.17, 15) is 4.79 Å². The summed E-state index contributed by atoms with van der Waals surface area (Å²) in [4.78, 5) is 15.1. The van der Waals surface area contributed by atoms with Gasteiger partial charge in [-0.25, -0.2) is 0 Å². The molecule has 1 saturated heterocycles. The summed E-state index contributed by atoms with van der Waals surface area (Å²) in [7, 11) is 3.18. The Kier molecular flexibility index (Phi) is 5.83. The number of aryl methyl sites for hydroxylation is 1. The van der Waals surface area contributed by atoms with Crippen LogP contribution in [0.5, 0.6) is 11.5 Å². The van der Waals surface area contributed by atoms with Crippen LogP contribution in [-0.4, -0.2) is 44.0 Å². The molecular formula is C18H27NO3. The molecule has 1 aromatic carbocycles. The van der Waals surface area contributed by atoms with Crippen LogP contribution in [0.25, 0.3) is 0 Å². The number of hydrogen-bond donors (Lipinski definition) is 0. The lowest BCUT2D eigenvalue weighted by molar-refractivity contribution is 0.0964. The van der Waals surface area contributed by atoms with E-state index < -0.39 is 0 Å². The number of benzene rings is 1. The van der Waals surface area contributed by atoms with Gasteiger partial charge in [0.15, 0.2) is 17.3 Å². The van der Waals surface area contributed by atoms with Crippen LogP contribution in [0.15, 0.2) is 12.1 Å². The van der Waals surface area contributed by atoms with E-state index in [-0.39, 0.29) is 5.78 Å². The second-order valence-corrected chi connectivity index (χ2v) is 5.93. The maximum atomic E-state index is 12.6. The molecule has 0 aromatic heterocycles. The first-order valence-electron chi connectivity index (χ1n) is 8.10. The summed E-state index contributed by atoms with van der Waals surface area (Å²) in [6.45, 7) is 6.39. The molecule has 0 bridgehead atoms. The smallest absolute Gasteiger partial charge is 0.171 e. The molecule has 2 rings (SSSR count). The molecule has 4 nitrogen and oxygen atoms in total. The maximum absolute atomic E-state index is 12.6. The van der Waals surface area contributed by atoms with Gasteiger partial charge in [0.2, 0.25) is 0 Å². The van der Waals surface area contributed by atoms with E-state index in [4.69, 9.17) is 9.47 Å². The van der Waals surface area contributed by atoms with Crippen LogP contribution in [0.1, 0.15) is 48.5 Å². The Morgan fingerprint density at radius 1 is 1.32 bits per heavy atom. The van der Waals surface area contributed by atoms with Crippen molar-refractivity contribution in [3.8, 4) is 11.5 Å². The molecule has 1 fully saturated rings. The molecule has 0 N–H and O–H groups in total. The molecule has 0 unspecified atom stereocenters. The third-order valence-electron chi connectivity index (χ3n) is 4.53. The summed E-state index contributed by atoms with van der Waals surface area (Å²) in [5.74, 6) is 1.32. The average Bonchev–Trinajstić information content (AvgIpc) is 2.99. The molecule has 22 heavy (non-hydrogen) atoms. The second-order valence-electron chi connectivity index (χ2n) is 5.93. The molecule has 1 aliphatic rings. The van der Waals surface area contributed by atoms with Crippen molar-refractivity contribution in [2.45, 2.75) is 45.6 Å². The van der Waals surface area contributed by atoms with E-state index in [2.05, 4.69) is 11.8 Å². The first-order valence-corrected chi connectivity index (χ1v) is 8.10. The molecule has 4 heteroatoms. The summed E-state index contributed by atoms with van der Waals surface area (Å²) >= 11 is 0. The van der Waals surface area contributed by atoms with Gasteiger partial charge in [-0.05, 0) is 57.0 Å². The fraction of sp³-hybridized carbons (Fsp3) is 0.611. The van der Waals surface area contributed by atoms with Crippen molar-refractivity contribution in [3.05, 3.63) is 23.3 Å². The number of likely N-dealkylation sites (tertiary alicyclic amines) is 1. The van der Waals surface area contributed by atoms with Crippen LogP contribution in [0.2, 0.25) is 0 Å². The maximum Gasteiger partial charge on any atom is 0.171 e. The first kappa shape index (κ1) is 16.8. The van der Waals surface area contributed by atoms with Gasteiger partial charge in [0, 0.05) is 12.5 Å². The van der Waals surface area contributed by atoms with Crippen LogP contribution in [0, 0.1) is 6.92 Å². The normalized spacial score (nSPS) is 18.5. The van der Waals surface area contributed by atoms with Crippen molar-refractivity contribution in [1.29, 1.82) is 0 Å². The lowest BCUT2D eigenvalue weighted by Crippen LogP contribution is -2.29. The van der Waals surface area contributed by atoms with E-state index in [0.717, 1.165) is 25.1 Å². The predicted octanol–water partition coefficient (Wildman–Crippen LogP) is 3.46. The van der Waals surface area contributed by atoms with Crippen LogP contribution >= 0.6 is 0 Å². The molecule has 0 aliphatic carbocycles. The molecule has 1 aliphatic heterocycles. The highest BCUT2D eigenvalue weighted by Crippen LogP contribution is 2.34. The Morgan fingerprint density at radius 3 is 2.73 bits per heavy atom. The molecule has 0 radical (unpaired) electrons. The van der Waals surface area contributed by atoms with Gasteiger partial charge in [0.05, 0.1) is 19.8 Å². The third kappa shape index (κ3) is 3.61. The molecule has 1 aromatic rings. The highest BCUT2D eigenvalue weighted by atomic mass is 16.5. The standard InChI is InChI=1S/C18H27NO3/c1-5-19-10-6-7-14(19)8-9-16(20)15-11-13(2)12-17(21-3)18(15)22-4/h11-12,14H,5-10H2,1-4H3/t14-/m0/s1. The quantitative estimate of drug-likeness (QED) is 0.723. The number of carbonyl (C=O) groups excluding carboxylic acids is 1. The van der Waals surface area contributed by atoms with Gasteiger partial charge < -0.3 is 14.4 Å². The molecule has 1 heterocycles. The minimum Gasteiger partial charge on any atom is -0.493 e. The summed E-state index contributed by atoms with van der Waals surface area (Å²) in [5.41, 5.74) is 1.65. The molecule has 122 valence electrons. The third-order valence-corrected chi connectivity index (χ3v) is 4.53. The van der Waals surface area contributed by atoms with E-state index in [1.54, 1.807) is 14.2 Å². The fourth-order valence-corrected chi connectivity index (χ4v) is 3.38. The number of ketones is 1. The van der Waals surface area contributed by atoms with Crippen LogP contribution < -0.4 is 9.47 Å². The first-order chi connectivity index (χ1) is 10.6. The number of Topliss-reactive ketones (excluding diaryl/α,β-unsaturated/α-hetero) is 1. The zero-order valence-electron chi connectivity index (χ0n) is 14.1. The van der Waals surface area contributed by atoms with Gasteiger partial charge in [-0.15, -0.1) is 0 Å². The molecular weight excluding hydrogens is 278 g/mol. The largest absolute Gasteiger partial charge is 0.493 e. The van der Waals surface area contributed by atoms with E-state index in [0.29, 0.717) is 29.5 Å². The molecule has 0 saturated carbocycles. The second kappa shape index (κ2) is 7.63. The van der Waals surface area contributed by atoms with Crippen LogP contribution in [-0.2, 0) is 0 Å². The lowest BCUT2D eigenvalue weighted by Gasteiger charge is -2.22. The zero-order valence-corrected chi connectivity index (χ0v) is 14.1. The van der Waals surface area contributed by atoms with Gasteiger partial charge >= 0.3 is 0 Å². The molecule has 0 amide bonds. The predicted molar refractivity (Wildman–Crippen MR) is 88.1 cm³/mol. The Bertz CT molecular complexity index is 527. The topological polar surface area (TPSA) is 38.8 Å². The lowest BCUT2D eigenvalue weighted by atomic mass is 9.99. The van der Waals surface area contributed by atoms with Gasteiger partial charge in [-0.3, -0.25) is 4.79 Å². The van der Waals surface area contributed by atoms with Crippen molar-refractivity contribution in [1.82, 2.24) is 4.90 Å². The number of nitrogens with zero attached hydrogens (tertiary/aromatic N) is 1. The average molecular weight is 305 g/mol. The number of ether oxygens (including phenoxy) is 2. The molecule has 1 atom stereocenters. The summed E-state index contributed by atoms with van der Waals surface area (Å²) in [6.07, 6.45) is 3.93. The van der Waals surface area contributed by atoms with E-state index in [1.165, 1.54) is 12.8 Å². The van der Waals surface area contributed by atoms with Crippen LogP contribution in [0.3, 0.4) is 0 Å².